The van der Waals surface area contributed by atoms with Gasteiger partial charge in [-0.15, -0.1) is 0 Å². The molecule has 2 aromatic carbocycles. The molecule has 1 aromatic heterocycles. The van der Waals surface area contributed by atoms with Crippen LogP contribution in [0.15, 0.2) is 48.5 Å². The van der Waals surface area contributed by atoms with Gasteiger partial charge in [-0.05, 0) is 36.6 Å². The minimum absolute atomic E-state index is 0.00791. The van der Waals surface area contributed by atoms with Crippen molar-refractivity contribution in [1.82, 2.24) is 15.2 Å². The van der Waals surface area contributed by atoms with Crippen molar-refractivity contribution in [2.45, 2.75) is 38.6 Å². The van der Waals surface area contributed by atoms with E-state index < -0.39 is 0 Å². The fraction of sp³-hybridized carbons (Fsp3) is 0.333. The van der Waals surface area contributed by atoms with Gasteiger partial charge in [-0.2, -0.15) is 0 Å². The third-order valence-corrected chi connectivity index (χ3v) is 6.25. The molecule has 30 heavy (non-hydrogen) atoms. The SMILES string of the molecule is CCCC(=O)NCC(=O)N1CC(c2ccccc2Cl)c2c([nH]c3ccccc23)C1C. The van der Waals surface area contributed by atoms with Gasteiger partial charge in [0.15, 0.2) is 0 Å². The van der Waals surface area contributed by atoms with Gasteiger partial charge < -0.3 is 15.2 Å². The standard InChI is InChI=1S/C24H26ClN3O2/c1-3-8-21(29)26-13-22(30)28-14-18(16-9-4-6-11-19(16)25)23-17-10-5-7-12-20(17)27-24(23)15(28)2/h4-7,9-12,15,18,27H,3,8,13-14H2,1-2H3,(H,26,29). The molecule has 2 amide bonds. The predicted octanol–water partition coefficient (Wildman–Crippen LogP) is 4.77. The first-order chi connectivity index (χ1) is 14.5. The molecule has 0 bridgehead atoms. The minimum atomic E-state index is -0.123. The predicted molar refractivity (Wildman–Crippen MR) is 120 cm³/mol. The van der Waals surface area contributed by atoms with Gasteiger partial charge in [0, 0.05) is 40.5 Å². The van der Waals surface area contributed by atoms with Crippen LogP contribution in [0.4, 0.5) is 0 Å². The van der Waals surface area contributed by atoms with Gasteiger partial charge in [-0.3, -0.25) is 9.59 Å². The van der Waals surface area contributed by atoms with Crippen molar-refractivity contribution in [1.29, 1.82) is 0 Å². The molecule has 0 spiro atoms. The van der Waals surface area contributed by atoms with Gasteiger partial charge in [0.2, 0.25) is 11.8 Å². The lowest BCUT2D eigenvalue weighted by molar-refractivity contribution is -0.135. The number of benzene rings is 2. The van der Waals surface area contributed by atoms with E-state index in [1.807, 2.05) is 55.1 Å². The van der Waals surface area contributed by atoms with Crippen LogP contribution in [0.3, 0.4) is 0 Å². The molecule has 156 valence electrons. The molecule has 0 aliphatic carbocycles. The normalized spacial score (nSPS) is 18.3. The second-order valence-electron chi connectivity index (χ2n) is 7.82. The Labute approximate surface area is 181 Å². The van der Waals surface area contributed by atoms with Gasteiger partial charge in [-0.1, -0.05) is 54.9 Å². The Morgan fingerprint density at radius 3 is 2.67 bits per heavy atom. The van der Waals surface area contributed by atoms with Crippen LogP contribution >= 0.6 is 11.6 Å². The highest BCUT2D eigenvalue weighted by molar-refractivity contribution is 6.31. The topological polar surface area (TPSA) is 65.2 Å². The largest absolute Gasteiger partial charge is 0.356 e. The van der Waals surface area contributed by atoms with E-state index in [9.17, 15) is 9.59 Å². The van der Waals surface area contributed by atoms with Crippen LogP contribution in [0, 0.1) is 0 Å². The van der Waals surface area contributed by atoms with Crippen molar-refractivity contribution in [3.8, 4) is 0 Å². The number of hydrogen-bond donors (Lipinski definition) is 2. The van der Waals surface area contributed by atoms with E-state index in [0.29, 0.717) is 18.0 Å². The summed E-state index contributed by atoms with van der Waals surface area (Å²) in [7, 11) is 0. The molecule has 2 heterocycles. The number of H-pyrrole nitrogens is 1. The van der Waals surface area contributed by atoms with Crippen LogP contribution in [0.2, 0.25) is 5.02 Å². The first-order valence-electron chi connectivity index (χ1n) is 10.4. The van der Waals surface area contributed by atoms with Crippen LogP contribution in [-0.4, -0.2) is 34.8 Å². The smallest absolute Gasteiger partial charge is 0.242 e. The minimum Gasteiger partial charge on any atom is -0.356 e. The summed E-state index contributed by atoms with van der Waals surface area (Å²) in [4.78, 5) is 30.3. The maximum atomic E-state index is 13.1. The molecule has 6 heteroatoms. The molecule has 3 aromatic rings. The first-order valence-corrected chi connectivity index (χ1v) is 10.8. The van der Waals surface area contributed by atoms with Crippen molar-refractivity contribution in [3.05, 3.63) is 70.4 Å². The zero-order chi connectivity index (χ0) is 21.3. The van der Waals surface area contributed by atoms with E-state index in [0.717, 1.165) is 28.6 Å². The van der Waals surface area contributed by atoms with Crippen molar-refractivity contribution in [3.63, 3.8) is 0 Å². The number of aromatic nitrogens is 1. The lowest BCUT2D eigenvalue weighted by Gasteiger charge is -2.38. The zero-order valence-corrected chi connectivity index (χ0v) is 18.0. The van der Waals surface area contributed by atoms with E-state index in [-0.39, 0.29) is 30.3 Å². The van der Waals surface area contributed by atoms with Crippen LogP contribution in [-0.2, 0) is 9.59 Å². The summed E-state index contributed by atoms with van der Waals surface area (Å²) in [6.07, 6.45) is 1.18. The lowest BCUT2D eigenvalue weighted by Crippen LogP contribution is -2.45. The van der Waals surface area contributed by atoms with Gasteiger partial charge in [0.1, 0.15) is 0 Å². The third-order valence-electron chi connectivity index (χ3n) is 5.90. The van der Waals surface area contributed by atoms with Crippen molar-refractivity contribution >= 4 is 34.3 Å². The number of carbonyl (C=O) groups is 2. The molecule has 1 aliphatic rings. The summed E-state index contributed by atoms with van der Waals surface area (Å²) < 4.78 is 0. The van der Waals surface area contributed by atoms with Crippen LogP contribution in [0.1, 0.15) is 55.5 Å². The van der Waals surface area contributed by atoms with E-state index in [4.69, 9.17) is 11.6 Å². The number of fused-ring (bicyclic) bond motifs is 3. The highest BCUT2D eigenvalue weighted by Crippen LogP contribution is 2.44. The molecular weight excluding hydrogens is 398 g/mol. The number of amides is 2. The zero-order valence-electron chi connectivity index (χ0n) is 17.2. The fourth-order valence-electron chi connectivity index (χ4n) is 4.41. The van der Waals surface area contributed by atoms with Crippen LogP contribution in [0.5, 0.6) is 0 Å². The maximum Gasteiger partial charge on any atom is 0.242 e. The van der Waals surface area contributed by atoms with Crippen LogP contribution < -0.4 is 5.32 Å². The molecule has 2 atom stereocenters. The molecular formula is C24H26ClN3O2. The molecule has 2 N–H and O–H groups in total. The first kappa shape index (κ1) is 20.5. The molecule has 0 saturated carbocycles. The average molecular weight is 424 g/mol. The van der Waals surface area contributed by atoms with Crippen molar-refractivity contribution < 1.29 is 9.59 Å². The van der Waals surface area contributed by atoms with Crippen LogP contribution in [0.25, 0.3) is 10.9 Å². The Hall–Kier alpha value is -2.79. The van der Waals surface area contributed by atoms with Gasteiger partial charge in [-0.25, -0.2) is 0 Å². The summed E-state index contributed by atoms with van der Waals surface area (Å²) in [6, 6.07) is 15.9. The monoisotopic (exact) mass is 423 g/mol. The number of halogens is 1. The molecule has 4 rings (SSSR count). The van der Waals surface area contributed by atoms with E-state index >= 15 is 0 Å². The highest BCUT2D eigenvalue weighted by Gasteiger charge is 2.37. The number of hydrogen-bond acceptors (Lipinski definition) is 2. The Kier molecular flexibility index (Phi) is 5.82. The average Bonchev–Trinajstić information content (AvgIpc) is 3.14. The number of aromatic amines is 1. The molecule has 1 aliphatic heterocycles. The highest BCUT2D eigenvalue weighted by atomic mass is 35.5. The number of carbonyl (C=O) groups excluding carboxylic acids is 2. The quantitative estimate of drug-likeness (QED) is 0.620. The summed E-state index contributed by atoms with van der Waals surface area (Å²) in [5, 5.41) is 4.60. The Morgan fingerprint density at radius 2 is 1.90 bits per heavy atom. The number of nitrogens with one attached hydrogen (secondary N) is 2. The van der Waals surface area contributed by atoms with E-state index in [1.165, 1.54) is 5.56 Å². The molecule has 0 saturated heterocycles. The number of rotatable bonds is 5. The van der Waals surface area contributed by atoms with Crippen molar-refractivity contribution in [2.75, 3.05) is 13.1 Å². The number of nitrogens with zero attached hydrogens (tertiary/aromatic N) is 1. The summed E-state index contributed by atoms with van der Waals surface area (Å²) in [5.74, 6) is -0.228. The van der Waals surface area contributed by atoms with Gasteiger partial charge in [0.25, 0.3) is 0 Å². The van der Waals surface area contributed by atoms with E-state index in [1.54, 1.807) is 0 Å². The summed E-state index contributed by atoms with van der Waals surface area (Å²) in [6.45, 7) is 4.50. The second kappa shape index (κ2) is 8.52. The molecule has 0 radical (unpaired) electrons. The Balaban J connectivity index is 1.73. The van der Waals surface area contributed by atoms with E-state index in [2.05, 4.69) is 22.4 Å². The second-order valence-corrected chi connectivity index (χ2v) is 8.23. The maximum absolute atomic E-state index is 13.1. The summed E-state index contributed by atoms with van der Waals surface area (Å²) >= 11 is 6.57. The molecule has 2 unspecified atom stereocenters. The Bertz CT molecular complexity index is 1090. The van der Waals surface area contributed by atoms with Crippen molar-refractivity contribution in [2.24, 2.45) is 0 Å². The fourth-order valence-corrected chi connectivity index (χ4v) is 4.68. The van der Waals surface area contributed by atoms with Gasteiger partial charge in [0.05, 0.1) is 12.6 Å². The Morgan fingerprint density at radius 1 is 1.17 bits per heavy atom. The number of para-hydroxylation sites is 1. The van der Waals surface area contributed by atoms with Gasteiger partial charge >= 0.3 is 0 Å². The third kappa shape index (κ3) is 3.70. The summed E-state index contributed by atoms with van der Waals surface area (Å²) in [5.41, 5.74) is 4.28. The molecule has 5 nitrogen and oxygen atoms in total. The molecule has 0 fully saturated rings. The lowest BCUT2D eigenvalue weighted by atomic mass is 9.83.